The minimum absolute atomic E-state index is 0.486. The van der Waals surface area contributed by atoms with Gasteiger partial charge in [0.1, 0.15) is 6.61 Å². The number of benzene rings is 3. The Morgan fingerprint density at radius 1 is 0.971 bits per heavy atom. The molecule has 0 atom stereocenters. The van der Waals surface area contributed by atoms with Gasteiger partial charge in [0.25, 0.3) is 0 Å². The second-order valence-electron chi connectivity index (χ2n) is 8.68. The van der Waals surface area contributed by atoms with E-state index in [1.165, 1.54) is 24.8 Å². The molecule has 1 fully saturated rings. The van der Waals surface area contributed by atoms with Gasteiger partial charge < -0.3 is 19.7 Å². The lowest BCUT2D eigenvalue weighted by Crippen LogP contribution is -2.29. The zero-order chi connectivity index (χ0) is 23.9. The molecule has 0 aliphatic carbocycles. The van der Waals surface area contributed by atoms with Gasteiger partial charge >= 0.3 is 0 Å². The topological polar surface area (TPSA) is 33.7 Å². The predicted octanol–water partition coefficient (Wildman–Crippen LogP) is 7.99. The first-order valence-electron chi connectivity index (χ1n) is 12.0. The molecule has 0 radical (unpaired) electrons. The summed E-state index contributed by atoms with van der Waals surface area (Å²) in [4.78, 5) is 2.39. The number of rotatable bonds is 9. The second kappa shape index (κ2) is 11.9. The molecule has 0 spiro atoms. The highest BCUT2D eigenvalue weighted by molar-refractivity contribution is 9.10. The lowest BCUT2D eigenvalue weighted by Gasteiger charge is -2.29. The van der Waals surface area contributed by atoms with Crippen molar-refractivity contribution in [3.8, 4) is 11.5 Å². The molecule has 0 unspecified atom stereocenters. The summed E-state index contributed by atoms with van der Waals surface area (Å²) in [5, 5.41) is 4.29. The fraction of sp³-hybridized carbons (Fsp3) is 0.357. The molecule has 1 heterocycles. The van der Waals surface area contributed by atoms with Crippen molar-refractivity contribution in [3.63, 3.8) is 0 Å². The smallest absolute Gasteiger partial charge is 0.175 e. The van der Waals surface area contributed by atoms with Crippen LogP contribution in [0.25, 0.3) is 0 Å². The summed E-state index contributed by atoms with van der Waals surface area (Å²) in [6.45, 7) is 7.93. The summed E-state index contributed by atoms with van der Waals surface area (Å²) in [5.41, 5.74) is 5.57. The molecule has 4 nitrogen and oxygen atoms in total. The molecule has 3 aromatic rings. The number of hydrogen-bond donors (Lipinski definition) is 1. The van der Waals surface area contributed by atoms with Gasteiger partial charge in [-0.1, -0.05) is 41.4 Å². The van der Waals surface area contributed by atoms with Crippen LogP contribution in [-0.4, -0.2) is 19.7 Å². The van der Waals surface area contributed by atoms with Gasteiger partial charge in [-0.2, -0.15) is 0 Å². The number of nitrogens with one attached hydrogen (secondary N) is 1. The van der Waals surface area contributed by atoms with Gasteiger partial charge in [0, 0.05) is 25.3 Å². The number of nitrogens with zero attached hydrogens (tertiary/aromatic N) is 1. The molecule has 0 aromatic heterocycles. The fourth-order valence-corrected chi connectivity index (χ4v) is 5.20. The van der Waals surface area contributed by atoms with Crippen molar-refractivity contribution >= 4 is 38.9 Å². The van der Waals surface area contributed by atoms with Crippen molar-refractivity contribution in [1.82, 2.24) is 0 Å². The summed E-state index contributed by atoms with van der Waals surface area (Å²) in [6, 6.07) is 18.7. The van der Waals surface area contributed by atoms with E-state index in [9.17, 15) is 0 Å². The fourth-order valence-electron chi connectivity index (χ4n) is 4.30. The Morgan fingerprint density at radius 2 is 1.79 bits per heavy atom. The third kappa shape index (κ3) is 6.39. The van der Waals surface area contributed by atoms with Gasteiger partial charge in [-0.15, -0.1) is 0 Å². The Hall–Kier alpha value is -2.37. The highest BCUT2D eigenvalue weighted by atomic mass is 79.9. The first kappa shape index (κ1) is 24.7. The van der Waals surface area contributed by atoms with Gasteiger partial charge in [-0.05, 0) is 90.5 Å². The Kier molecular flexibility index (Phi) is 8.63. The molecule has 1 aliphatic rings. The van der Waals surface area contributed by atoms with Crippen molar-refractivity contribution in [2.45, 2.75) is 46.3 Å². The van der Waals surface area contributed by atoms with Crippen LogP contribution in [0.3, 0.4) is 0 Å². The maximum absolute atomic E-state index is 6.63. The zero-order valence-corrected chi connectivity index (χ0v) is 22.2. The summed E-state index contributed by atoms with van der Waals surface area (Å²) in [6.07, 6.45) is 3.78. The predicted molar refractivity (Wildman–Crippen MR) is 146 cm³/mol. The van der Waals surface area contributed by atoms with E-state index in [4.69, 9.17) is 21.1 Å². The summed E-state index contributed by atoms with van der Waals surface area (Å²) in [7, 11) is 0. The summed E-state index contributed by atoms with van der Waals surface area (Å²) < 4.78 is 12.9. The molecule has 34 heavy (non-hydrogen) atoms. The molecule has 0 saturated carbocycles. The second-order valence-corrected chi connectivity index (χ2v) is 9.94. The number of ether oxygens (including phenoxy) is 2. The van der Waals surface area contributed by atoms with E-state index in [0.717, 1.165) is 56.6 Å². The molecule has 1 aliphatic heterocycles. The van der Waals surface area contributed by atoms with Crippen LogP contribution in [0.15, 0.2) is 59.1 Å². The van der Waals surface area contributed by atoms with E-state index in [2.05, 4.69) is 69.5 Å². The maximum atomic E-state index is 6.63. The minimum atomic E-state index is 0.486. The van der Waals surface area contributed by atoms with Crippen LogP contribution in [0, 0.1) is 6.92 Å². The van der Waals surface area contributed by atoms with Crippen molar-refractivity contribution < 1.29 is 9.47 Å². The minimum Gasteiger partial charge on any atom is -0.490 e. The zero-order valence-electron chi connectivity index (χ0n) is 19.9. The van der Waals surface area contributed by atoms with E-state index in [1.807, 2.05) is 25.1 Å². The quantitative estimate of drug-likeness (QED) is 0.296. The average Bonchev–Trinajstić information content (AvgIpc) is 2.83. The number of aryl methyl sites for hydroxylation is 1. The van der Waals surface area contributed by atoms with Crippen LogP contribution in [0.5, 0.6) is 11.5 Å². The van der Waals surface area contributed by atoms with Crippen LogP contribution in [-0.2, 0) is 13.2 Å². The molecular formula is C28H32BrClN2O2. The first-order valence-corrected chi connectivity index (χ1v) is 13.1. The average molecular weight is 544 g/mol. The van der Waals surface area contributed by atoms with Crippen LogP contribution in [0.1, 0.15) is 42.9 Å². The van der Waals surface area contributed by atoms with Crippen molar-refractivity contribution in [2.75, 3.05) is 29.9 Å². The van der Waals surface area contributed by atoms with Crippen molar-refractivity contribution in [2.24, 2.45) is 0 Å². The SMILES string of the molecule is CCOc1cc(CNc2ccc(N3CCCCC3)c(Cl)c2)cc(Br)c1OCc1cccc(C)c1. The highest BCUT2D eigenvalue weighted by Gasteiger charge is 2.15. The Labute approximate surface area is 216 Å². The van der Waals surface area contributed by atoms with E-state index in [0.29, 0.717) is 19.8 Å². The van der Waals surface area contributed by atoms with Gasteiger partial charge in [0.05, 0.1) is 21.8 Å². The molecule has 4 rings (SSSR count). The van der Waals surface area contributed by atoms with Crippen LogP contribution < -0.4 is 19.7 Å². The van der Waals surface area contributed by atoms with Crippen molar-refractivity contribution in [1.29, 1.82) is 0 Å². The largest absolute Gasteiger partial charge is 0.490 e. The number of halogens is 2. The van der Waals surface area contributed by atoms with Gasteiger partial charge in [-0.3, -0.25) is 0 Å². The van der Waals surface area contributed by atoms with E-state index < -0.39 is 0 Å². The highest BCUT2D eigenvalue weighted by Crippen LogP contribution is 2.38. The van der Waals surface area contributed by atoms with Crippen LogP contribution in [0.4, 0.5) is 11.4 Å². The molecular weight excluding hydrogens is 512 g/mol. The lowest BCUT2D eigenvalue weighted by molar-refractivity contribution is 0.267. The van der Waals surface area contributed by atoms with E-state index in [1.54, 1.807) is 0 Å². The third-order valence-electron chi connectivity index (χ3n) is 5.98. The monoisotopic (exact) mass is 542 g/mol. The molecule has 1 N–H and O–H groups in total. The Morgan fingerprint density at radius 3 is 2.53 bits per heavy atom. The Bertz CT molecular complexity index is 1120. The standard InChI is InChI=1S/C28H32BrClN2O2/c1-3-33-27-16-22(15-24(29)28(27)34-19-21-9-7-8-20(2)14-21)18-31-23-10-11-26(25(30)17-23)32-12-5-4-6-13-32/h7-11,14-17,31H,3-6,12-13,18-19H2,1-2H3. The molecule has 0 bridgehead atoms. The summed E-state index contributed by atoms with van der Waals surface area (Å²) in [5.74, 6) is 1.46. The molecule has 0 amide bonds. The molecule has 180 valence electrons. The van der Waals surface area contributed by atoms with Crippen LogP contribution >= 0.6 is 27.5 Å². The number of anilines is 2. The molecule has 1 saturated heterocycles. The van der Waals surface area contributed by atoms with Crippen LogP contribution in [0.2, 0.25) is 5.02 Å². The maximum Gasteiger partial charge on any atom is 0.175 e. The molecule has 3 aromatic carbocycles. The summed E-state index contributed by atoms with van der Waals surface area (Å²) >= 11 is 10.3. The lowest BCUT2D eigenvalue weighted by atomic mass is 10.1. The first-order chi connectivity index (χ1) is 16.5. The number of hydrogen-bond acceptors (Lipinski definition) is 4. The van der Waals surface area contributed by atoms with E-state index in [-0.39, 0.29) is 0 Å². The molecule has 6 heteroatoms. The normalized spacial score (nSPS) is 13.6. The Balaban J connectivity index is 1.44. The van der Waals surface area contributed by atoms with Crippen molar-refractivity contribution in [3.05, 3.63) is 80.8 Å². The van der Waals surface area contributed by atoms with Gasteiger partial charge in [0.15, 0.2) is 11.5 Å². The van der Waals surface area contributed by atoms with Gasteiger partial charge in [-0.25, -0.2) is 0 Å². The third-order valence-corrected chi connectivity index (χ3v) is 6.87. The van der Waals surface area contributed by atoms with Gasteiger partial charge in [0.2, 0.25) is 0 Å². The van der Waals surface area contributed by atoms with E-state index >= 15 is 0 Å². The number of piperidine rings is 1.